The van der Waals surface area contributed by atoms with E-state index in [-0.39, 0.29) is 17.2 Å². The molecule has 3 rings (SSSR count). The summed E-state index contributed by atoms with van der Waals surface area (Å²) in [7, 11) is -3.26. The largest absolute Gasteiger partial charge is 0.444 e. The van der Waals surface area contributed by atoms with Gasteiger partial charge in [0.15, 0.2) is 9.84 Å². The fourth-order valence-corrected chi connectivity index (χ4v) is 2.89. The number of benzene rings is 2. The molecule has 0 fully saturated rings. The molecule has 0 unspecified atom stereocenters. The van der Waals surface area contributed by atoms with Crippen molar-refractivity contribution in [3.05, 3.63) is 66.6 Å². The number of aromatic nitrogens is 1. The lowest BCUT2D eigenvalue weighted by atomic mass is 10.2. The number of amides is 1. The van der Waals surface area contributed by atoms with Crippen LogP contribution in [0.3, 0.4) is 0 Å². The van der Waals surface area contributed by atoms with E-state index in [1.165, 1.54) is 18.4 Å². The second-order valence-electron chi connectivity index (χ2n) is 5.53. The third-order valence-electron chi connectivity index (χ3n) is 3.48. The maximum absolute atomic E-state index is 12.1. The molecule has 0 aliphatic heterocycles. The number of hydrogen-bond acceptors (Lipinski definition) is 5. The van der Waals surface area contributed by atoms with Crippen molar-refractivity contribution in [2.24, 2.45) is 0 Å². The lowest BCUT2D eigenvalue weighted by Crippen LogP contribution is -2.14. The fraction of sp³-hybridized carbons (Fsp3) is 0.111. The zero-order valence-corrected chi connectivity index (χ0v) is 14.3. The van der Waals surface area contributed by atoms with Crippen LogP contribution in [-0.2, 0) is 21.1 Å². The Morgan fingerprint density at radius 2 is 1.76 bits per heavy atom. The summed E-state index contributed by atoms with van der Waals surface area (Å²) in [6.07, 6.45) is 2.65. The van der Waals surface area contributed by atoms with Gasteiger partial charge in [0.05, 0.1) is 17.0 Å². The molecule has 25 heavy (non-hydrogen) atoms. The summed E-state index contributed by atoms with van der Waals surface area (Å²) < 4.78 is 28.2. The Kier molecular flexibility index (Phi) is 4.67. The van der Waals surface area contributed by atoms with Crippen LogP contribution < -0.4 is 5.32 Å². The van der Waals surface area contributed by atoms with Gasteiger partial charge in [0.1, 0.15) is 6.26 Å². The molecule has 0 atom stereocenters. The van der Waals surface area contributed by atoms with Gasteiger partial charge in [-0.2, -0.15) is 0 Å². The van der Waals surface area contributed by atoms with E-state index in [4.69, 9.17) is 4.42 Å². The number of hydrogen-bond donors (Lipinski definition) is 1. The van der Waals surface area contributed by atoms with E-state index in [9.17, 15) is 13.2 Å². The average Bonchev–Trinajstić information content (AvgIpc) is 3.03. The quantitative estimate of drug-likeness (QED) is 0.759. The van der Waals surface area contributed by atoms with E-state index in [1.807, 2.05) is 30.3 Å². The highest BCUT2D eigenvalue weighted by atomic mass is 32.2. The van der Waals surface area contributed by atoms with Crippen molar-refractivity contribution in [2.75, 3.05) is 11.6 Å². The number of anilines is 1. The summed E-state index contributed by atoms with van der Waals surface area (Å²) in [5.41, 5.74) is 1.87. The van der Waals surface area contributed by atoms with Crippen molar-refractivity contribution in [1.29, 1.82) is 0 Å². The Morgan fingerprint density at radius 1 is 1.08 bits per heavy atom. The average molecular weight is 356 g/mol. The Balaban J connectivity index is 1.64. The van der Waals surface area contributed by atoms with Crippen LogP contribution in [0.5, 0.6) is 0 Å². The number of nitrogens with zero attached hydrogens (tertiary/aromatic N) is 1. The minimum absolute atomic E-state index is 0.0597. The van der Waals surface area contributed by atoms with Gasteiger partial charge in [0.25, 0.3) is 0 Å². The first kappa shape index (κ1) is 16.9. The normalized spacial score (nSPS) is 11.2. The zero-order chi connectivity index (χ0) is 17.9. The van der Waals surface area contributed by atoms with Crippen molar-refractivity contribution < 1.29 is 17.6 Å². The van der Waals surface area contributed by atoms with Crippen LogP contribution in [0.15, 0.2) is 70.2 Å². The molecule has 0 radical (unpaired) electrons. The first-order chi connectivity index (χ1) is 11.9. The summed E-state index contributed by atoms with van der Waals surface area (Å²) in [5, 5.41) is 2.70. The van der Waals surface area contributed by atoms with Gasteiger partial charge >= 0.3 is 0 Å². The van der Waals surface area contributed by atoms with Crippen LogP contribution in [0.2, 0.25) is 0 Å². The minimum Gasteiger partial charge on any atom is -0.444 e. The first-order valence-corrected chi connectivity index (χ1v) is 9.41. The second kappa shape index (κ2) is 6.90. The SMILES string of the molecule is CS(=O)(=O)c1ccc(NC(=O)Cc2coc(-c3ccccc3)n2)cc1. The molecule has 7 heteroatoms. The number of carbonyl (C=O) groups excluding carboxylic acids is 1. The molecule has 1 aromatic heterocycles. The van der Waals surface area contributed by atoms with E-state index < -0.39 is 9.84 Å². The van der Waals surface area contributed by atoms with Gasteiger partial charge in [-0.05, 0) is 36.4 Å². The highest BCUT2D eigenvalue weighted by molar-refractivity contribution is 7.90. The van der Waals surface area contributed by atoms with Gasteiger partial charge in [-0.25, -0.2) is 13.4 Å². The zero-order valence-electron chi connectivity index (χ0n) is 13.5. The highest BCUT2D eigenvalue weighted by Crippen LogP contribution is 2.19. The van der Waals surface area contributed by atoms with Crippen molar-refractivity contribution in [2.45, 2.75) is 11.3 Å². The monoisotopic (exact) mass is 356 g/mol. The molecule has 0 bridgehead atoms. The van der Waals surface area contributed by atoms with E-state index in [0.29, 0.717) is 17.3 Å². The van der Waals surface area contributed by atoms with Crippen LogP contribution in [0.1, 0.15) is 5.69 Å². The van der Waals surface area contributed by atoms with Crippen molar-refractivity contribution in [3.8, 4) is 11.5 Å². The van der Waals surface area contributed by atoms with Crippen LogP contribution in [0.25, 0.3) is 11.5 Å². The van der Waals surface area contributed by atoms with Gasteiger partial charge in [0, 0.05) is 17.5 Å². The Morgan fingerprint density at radius 3 is 2.40 bits per heavy atom. The summed E-state index contributed by atoms with van der Waals surface area (Å²) in [5.74, 6) is 0.195. The maximum Gasteiger partial charge on any atom is 0.230 e. The van der Waals surface area contributed by atoms with E-state index in [2.05, 4.69) is 10.3 Å². The number of nitrogens with one attached hydrogen (secondary N) is 1. The van der Waals surface area contributed by atoms with Crippen molar-refractivity contribution in [1.82, 2.24) is 4.98 Å². The molecule has 1 amide bonds. The molecule has 6 nitrogen and oxygen atoms in total. The van der Waals surface area contributed by atoms with E-state index >= 15 is 0 Å². The third-order valence-corrected chi connectivity index (χ3v) is 4.61. The predicted octanol–water partition coefficient (Wildman–Crippen LogP) is 2.93. The van der Waals surface area contributed by atoms with Crippen LogP contribution in [0.4, 0.5) is 5.69 Å². The van der Waals surface area contributed by atoms with Gasteiger partial charge in [-0.1, -0.05) is 18.2 Å². The lowest BCUT2D eigenvalue weighted by Gasteiger charge is -2.05. The standard InChI is InChI=1S/C18H16N2O4S/c1-25(22,23)16-9-7-14(8-10-16)19-17(21)11-15-12-24-18(20-15)13-5-3-2-4-6-13/h2-10,12H,11H2,1H3,(H,19,21). The number of oxazole rings is 1. The fourth-order valence-electron chi connectivity index (χ4n) is 2.26. The molecule has 0 saturated heterocycles. The smallest absolute Gasteiger partial charge is 0.230 e. The predicted molar refractivity (Wildman–Crippen MR) is 93.8 cm³/mol. The molecule has 3 aromatic rings. The molecule has 0 saturated carbocycles. The van der Waals surface area contributed by atoms with Gasteiger partial charge in [0.2, 0.25) is 11.8 Å². The summed E-state index contributed by atoms with van der Waals surface area (Å²) in [4.78, 5) is 16.6. The Bertz CT molecular complexity index is 977. The number of sulfone groups is 1. The number of carbonyl (C=O) groups is 1. The first-order valence-electron chi connectivity index (χ1n) is 7.51. The summed E-state index contributed by atoms with van der Waals surface area (Å²) in [6.45, 7) is 0. The van der Waals surface area contributed by atoms with Crippen LogP contribution in [0, 0.1) is 0 Å². The lowest BCUT2D eigenvalue weighted by molar-refractivity contribution is -0.115. The Labute approximate surface area is 145 Å². The molecule has 1 heterocycles. The van der Waals surface area contributed by atoms with Crippen LogP contribution in [-0.4, -0.2) is 25.6 Å². The van der Waals surface area contributed by atoms with E-state index in [0.717, 1.165) is 11.8 Å². The molecular weight excluding hydrogens is 340 g/mol. The molecule has 0 aliphatic rings. The number of rotatable bonds is 5. The highest BCUT2D eigenvalue weighted by Gasteiger charge is 2.11. The molecule has 2 aromatic carbocycles. The molecule has 128 valence electrons. The summed E-state index contributed by atoms with van der Waals surface area (Å²) >= 11 is 0. The van der Waals surface area contributed by atoms with E-state index in [1.54, 1.807) is 12.1 Å². The van der Waals surface area contributed by atoms with Crippen molar-refractivity contribution in [3.63, 3.8) is 0 Å². The van der Waals surface area contributed by atoms with Gasteiger partial charge < -0.3 is 9.73 Å². The second-order valence-corrected chi connectivity index (χ2v) is 7.55. The van der Waals surface area contributed by atoms with Crippen molar-refractivity contribution >= 4 is 21.4 Å². The van der Waals surface area contributed by atoms with Gasteiger partial charge in [-0.3, -0.25) is 4.79 Å². The Hall–Kier alpha value is -2.93. The maximum atomic E-state index is 12.1. The topological polar surface area (TPSA) is 89.3 Å². The minimum atomic E-state index is -3.26. The molecule has 0 aliphatic carbocycles. The third kappa shape index (κ3) is 4.33. The molecular formula is C18H16N2O4S. The van der Waals surface area contributed by atoms with Gasteiger partial charge in [-0.15, -0.1) is 0 Å². The summed E-state index contributed by atoms with van der Waals surface area (Å²) in [6, 6.07) is 15.4. The molecule has 1 N–H and O–H groups in total. The van der Waals surface area contributed by atoms with Crippen LogP contribution >= 0.6 is 0 Å². The molecule has 0 spiro atoms.